The van der Waals surface area contributed by atoms with Crippen LogP contribution < -0.4 is 5.32 Å². The zero-order valence-corrected chi connectivity index (χ0v) is 14.0. The van der Waals surface area contributed by atoms with E-state index in [0.29, 0.717) is 19.8 Å². The summed E-state index contributed by atoms with van der Waals surface area (Å²) in [5.74, 6) is 0. The topological polar surface area (TPSA) is 60.0 Å². The Morgan fingerprint density at radius 1 is 1.00 bits per heavy atom. The van der Waals surface area contributed by atoms with Gasteiger partial charge in [-0.3, -0.25) is 0 Å². The monoisotopic (exact) mass is 341 g/mol. The second kappa shape index (κ2) is 7.64. The lowest BCUT2D eigenvalue weighted by atomic mass is 9.97. The molecule has 5 atom stereocenters. The Morgan fingerprint density at radius 3 is 2.40 bits per heavy atom. The molecular weight excluding hydrogens is 318 g/mol. The predicted octanol–water partition coefficient (Wildman–Crippen LogP) is 1.85. The summed E-state index contributed by atoms with van der Waals surface area (Å²) in [5, 5.41) is 14.2. The first-order valence-electron chi connectivity index (χ1n) is 8.69. The lowest BCUT2D eigenvalue weighted by molar-refractivity contribution is -0.223. The smallest absolute Gasteiger partial charge is 0.186 e. The van der Waals surface area contributed by atoms with E-state index in [1.807, 2.05) is 48.5 Å². The number of aliphatic hydroxyl groups excluding tert-OH is 1. The third kappa shape index (κ3) is 3.76. The van der Waals surface area contributed by atoms with Gasteiger partial charge in [0.15, 0.2) is 6.29 Å². The van der Waals surface area contributed by atoms with Gasteiger partial charge in [0, 0.05) is 6.54 Å². The van der Waals surface area contributed by atoms with E-state index in [1.54, 1.807) is 0 Å². The van der Waals surface area contributed by atoms with Crippen molar-refractivity contribution >= 4 is 0 Å². The molecule has 0 spiro atoms. The molecule has 2 bridgehead atoms. The van der Waals surface area contributed by atoms with E-state index >= 15 is 0 Å². The molecule has 5 heteroatoms. The Bertz CT molecular complexity index is 608. The molecule has 2 aromatic carbocycles. The highest BCUT2D eigenvalue weighted by atomic mass is 16.7. The molecule has 2 heterocycles. The van der Waals surface area contributed by atoms with E-state index in [9.17, 15) is 5.11 Å². The van der Waals surface area contributed by atoms with Crippen molar-refractivity contribution in [2.45, 2.75) is 43.8 Å². The second-order valence-electron chi connectivity index (χ2n) is 6.52. The summed E-state index contributed by atoms with van der Waals surface area (Å²) in [6.07, 6.45) is -1.84. The van der Waals surface area contributed by atoms with Gasteiger partial charge in [0.1, 0.15) is 18.3 Å². The van der Waals surface area contributed by atoms with Gasteiger partial charge in [0.2, 0.25) is 0 Å². The summed E-state index contributed by atoms with van der Waals surface area (Å²) in [7, 11) is 0. The zero-order valence-electron chi connectivity index (χ0n) is 14.0. The van der Waals surface area contributed by atoms with E-state index in [0.717, 1.165) is 11.1 Å². The zero-order chi connectivity index (χ0) is 17.1. The number of ether oxygens (including phenoxy) is 3. The fourth-order valence-corrected chi connectivity index (χ4v) is 3.41. The van der Waals surface area contributed by atoms with E-state index in [-0.39, 0.29) is 12.1 Å². The molecule has 4 rings (SSSR count). The van der Waals surface area contributed by atoms with Crippen LogP contribution >= 0.6 is 0 Å². The molecule has 2 N–H and O–H groups in total. The van der Waals surface area contributed by atoms with Crippen molar-refractivity contribution in [1.29, 1.82) is 0 Å². The fourth-order valence-electron chi connectivity index (χ4n) is 3.41. The van der Waals surface area contributed by atoms with Crippen molar-refractivity contribution in [3.8, 4) is 0 Å². The molecular formula is C20H23NO4. The second-order valence-corrected chi connectivity index (χ2v) is 6.52. The first-order valence-corrected chi connectivity index (χ1v) is 8.69. The summed E-state index contributed by atoms with van der Waals surface area (Å²) >= 11 is 0. The van der Waals surface area contributed by atoms with Crippen LogP contribution in [0.5, 0.6) is 0 Å². The molecule has 2 saturated heterocycles. The molecule has 0 saturated carbocycles. The summed E-state index contributed by atoms with van der Waals surface area (Å²) in [5.41, 5.74) is 2.22. The van der Waals surface area contributed by atoms with E-state index in [2.05, 4.69) is 17.4 Å². The number of hydrogen-bond acceptors (Lipinski definition) is 5. The number of rotatable bonds is 6. The van der Waals surface area contributed by atoms with Crippen LogP contribution in [0.2, 0.25) is 0 Å². The van der Waals surface area contributed by atoms with E-state index < -0.39 is 18.5 Å². The quantitative estimate of drug-likeness (QED) is 0.840. The third-order valence-electron chi connectivity index (χ3n) is 4.78. The summed E-state index contributed by atoms with van der Waals surface area (Å²) in [6.45, 7) is 1.56. The minimum Gasteiger partial charge on any atom is -0.388 e. The van der Waals surface area contributed by atoms with Crippen LogP contribution in [0.1, 0.15) is 11.1 Å². The van der Waals surface area contributed by atoms with Gasteiger partial charge in [-0.1, -0.05) is 60.7 Å². The van der Waals surface area contributed by atoms with Gasteiger partial charge in [0.25, 0.3) is 0 Å². The molecule has 0 unspecified atom stereocenters. The lowest BCUT2D eigenvalue weighted by Crippen LogP contribution is -2.60. The first-order chi connectivity index (χ1) is 12.3. The van der Waals surface area contributed by atoms with Crippen molar-refractivity contribution in [1.82, 2.24) is 5.32 Å². The van der Waals surface area contributed by atoms with Crippen molar-refractivity contribution in [3.63, 3.8) is 0 Å². The van der Waals surface area contributed by atoms with E-state index in [4.69, 9.17) is 14.2 Å². The molecule has 0 aliphatic carbocycles. The average Bonchev–Trinajstić information content (AvgIpc) is 3.09. The van der Waals surface area contributed by atoms with Crippen LogP contribution in [-0.2, 0) is 27.4 Å². The minimum atomic E-state index is -0.682. The van der Waals surface area contributed by atoms with Crippen molar-refractivity contribution in [2.24, 2.45) is 0 Å². The standard InChI is InChI=1S/C20H23NO4/c22-18-17(21-11-14-7-3-1-4-8-14)16-13-24-20(25-16)19(18)23-12-15-9-5-2-6-10-15/h1-10,16-22H,11-13H2/t16-,17-,18+,19-,20-/m1/s1. The van der Waals surface area contributed by atoms with Crippen molar-refractivity contribution in [2.75, 3.05) is 6.61 Å². The van der Waals surface area contributed by atoms with Crippen LogP contribution in [0.25, 0.3) is 0 Å². The minimum absolute atomic E-state index is 0.153. The molecule has 2 aliphatic rings. The molecule has 0 radical (unpaired) electrons. The highest BCUT2D eigenvalue weighted by Gasteiger charge is 2.50. The number of nitrogens with one attached hydrogen (secondary N) is 1. The fraction of sp³-hybridized carbons (Fsp3) is 0.400. The van der Waals surface area contributed by atoms with Crippen molar-refractivity contribution < 1.29 is 19.3 Å². The van der Waals surface area contributed by atoms with Crippen molar-refractivity contribution in [3.05, 3.63) is 71.8 Å². The highest BCUT2D eigenvalue weighted by Crippen LogP contribution is 2.30. The molecule has 2 aromatic rings. The molecule has 5 nitrogen and oxygen atoms in total. The summed E-state index contributed by atoms with van der Waals surface area (Å²) < 4.78 is 17.5. The number of hydrogen-bond donors (Lipinski definition) is 2. The molecule has 2 aliphatic heterocycles. The lowest BCUT2D eigenvalue weighted by Gasteiger charge is -2.38. The third-order valence-corrected chi connectivity index (χ3v) is 4.78. The summed E-state index contributed by atoms with van der Waals surface area (Å²) in [4.78, 5) is 0. The molecule has 0 aromatic heterocycles. The maximum absolute atomic E-state index is 10.8. The molecule has 132 valence electrons. The van der Waals surface area contributed by atoms with E-state index in [1.165, 1.54) is 0 Å². The normalized spacial score (nSPS) is 31.2. The SMILES string of the molecule is O[C@H]1[C@H](NCc2ccccc2)[C@H]2CO[C@H](O2)[C@@H]1OCc1ccccc1. The number of aliphatic hydroxyl groups is 1. The van der Waals surface area contributed by atoms with Crippen LogP contribution in [-0.4, -0.2) is 42.4 Å². The molecule has 25 heavy (non-hydrogen) atoms. The van der Waals surface area contributed by atoms with Gasteiger partial charge in [0.05, 0.1) is 19.3 Å². The van der Waals surface area contributed by atoms with Gasteiger partial charge < -0.3 is 24.6 Å². The average molecular weight is 341 g/mol. The highest BCUT2D eigenvalue weighted by molar-refractivity contribution is 5.15. The predicted molar refractivity (Wildman–Crippen MR) is 92.7 cm³/mol. The Kier molecular flexibility index (Phi) is 5.10. The van der Waals surface area contributed by atoms with Gasteiger partial charge in [-0.25, -0.2) is 0 Å². The Morgan fingerprint density at radius 2 is 1.68 bits per heavy atom. The van der Waals surface area contributed by atoms with Crippen LogP contribution in [0.3, 0.4) is 0 Å². The number of fused-ring (bicyclic) bond motifs is 2. The van der Waals surface area contributed by atoms with Crippen LogP contribution in [0, 0.1) is 0 Å². The maximum atomic E-state index is 10.8. The van der Waals surface area contributed by atoms with Gasteiger partial charge in [-0.05, 0) is 11.1 Å². The summed E-state index contributed by atoms with van der Waals surface area (Å²) in [6, 6.07) is 19.8. The van der Waals surface area contributed by atoms with Crippen LogP contribution in [0.4, 0.5) is 0 Å². The Balaban J connectivity index is 1.40. The largest absolute Gasteiger partial charge is 0.388 e. The van der Waals surface area contributed by atoms with Gasteiger partial charge in [-0.2, -0.15) is 0 Å². The van der Waals surface area contributed by atoms with Gasteiger partial charge in [-0.15, -0.1) is 0 Å². The Labute approximate surface area is 147 Å². The van der Waals surface area contributed by atoms with Gasteiger partial charge >= 0.3 is 0 Å². The first kappa shape index (κ1) is 16.7. The Hall–Kier alpha value is -1.76. The molecule has 0 amide bonds. The van der Waals surface area contributed by atoms with Crippen LogP contribution in [0.15, 0.2) is 60.7 Å². The maximum Gasteiger partial charge on any atom is 0.186 e. The number of benzene rings is 2. The molecule has 2 fully saturated rings.